The lowest BCUT2D eigenvalue weighted by molar-refractivity contribution is -0.107. The second kappa shape index (κ2) is 15.4. The van der Waals surface area contributed by atoms with E-state index in [-0.39, 0.29) is 6.29 Å². The van der Waals surface area contributed by atoms with Crippen molar-refractivity contribution in [3.63, 3.8) is 0 Å². The van der Waals surface area contributed by atoms with Crippen LogP contribution in [0.2, 0.25) is 0 Å². The Labute approximate surface area is 220 Å². The average molecular weight is 555 g/mol. The Hall–Kier alpha value is -1.77. The van der Waals surface area contributed by atoms with Crippen molar-refractivity contribution in [2.75, 3.05) is 14.2 Å². The summed E-state index contributed by atoms with van der Waals surface area (Å²) >= 11 is 4.24. The maximum Gasteiger partial charge on any atom is 0.181 e. The lowest BCUT2D eigenvalue weighted by Crippen LogP contribution is -2.26. The minimum absolute atomic E-state index is 0.0518. The highest BCUT2D eigenvalue weighted by molar-refractivity contribution is 9.44. The number of methoxy groups -OCH3 is 2. The molecule has 0 aliphatic heterocycles. The summed E-state index contributed by atoms with van der Waals surface area (Å²) in [4.78, 5) is 0. The summed E-state index contributed by atoms with van der Waals surface area (Å²) in [7, 11) is 3.41. The standard InChI is InChI=1S/C31H39BrO2P/c1-33-31(34-2)22-16-8-6-4-3-5-7-11-17-27-23-25-30(26-24-27)35(32,28-18-12-9-13-19-28)29-20-14-10-15-21-29/h3,5,9-10,12-15,18-21,23-26,31H,4,6-8,11,16-17,22H2,1-2H3/q+1/b5-3+. The van der Waals surface area contributed by atoms with E-state index in [4.69, 9.17) is 9.47 Å². The van der Waals surface area contributed by atoms with Gasteiger partial charge in [-0.3, -0.25) is 0 Å². The molecule has 0 fully saturated rings. The zero-order valence-electron chi connectivity index (χ0n) is 21.1. The molecule has 0 saturated heterocycles. The molecule has 2 nitrogen and oxygen atoms in total. The quantitative estimate of drug-likeness (QED) is 0.0828. The number of aryl methyl sites for hydroxylation is 1. The fourth-order valence-corrected chi connectivity index (χ4v) is 9.07. The third-order valence-electron chi connectivity index (χ3n) is 6.36. The number of hydrogen-bond acceptors (Lipinski definition) is 2. The molecule has 0 aliphatic carbocycles. The van der Waals surface area contributed by atoms with Gasteiger partial charge in [-0.05, 0) is 86.9 Å². The third-order valence-corrected chi connectivity index (χ3v) is 13.1. The number of ether oxygens (including phenoxy) is 2. The Balaban J connectivity index is 1.48. The molecular formula is C31H39BrO2P+. The number of benzene rings is 3. The van der Waals surface area contributed by atoms with Crippen molar-refractivity contribution in [3.05, 3.63) is 103 Å². The molecule has 4 heteroatoms. The highest BCUT2D eigenvalue weighted by atomic mass is 79.9. The summed E-state index contributed by atoms with van der Waals surface area (Å²) in [6, 6.07) is 31.0. The van der Waals surface area contributed by atoms with Crippen LogP contribution in [0.4, 0.5) is 0 Å². The third kappa shape index (κ3) is 8.40. The van der Waals surface area contributed by atoms with Crippen LogP contribution in [0, 0.1) is 0 Å². The molecule has 3 aromatic rings. The van der Waals surface area contributed by atoms with Gasteiger partial charge in [0.1, 0.15) is 15.9 Å². The maximum absolute atomic E-state index is 5.23. The SMILES string of the molecule is COC(CCCCC/C=C/CCCc1ccc([P+](Br)(c2ccccc2)c2ccccc2)cc1)OC. The Morgan fingerprint density at radius 3 is 1.71 bits per heavy atom. The molecular weight excluding hydrogens is 515 g/mol. The van der Waals surface area contributed by atoms with E-state index in [1.807, 2.05) is 0 Å². The first-order valence-electron chi connectivity index (χ1n) is 12.7. The van der Waals surface area contributed by atoms with E-state index in [0.29, 0.717) is 0 Å². The monoisotopic (exact) mass is 553 g/mol. The first-order valence-corrected chi connectivity index (χ1v) is 16.5. The number of hydrogen-bond donors (Lipinski definition) is 0. The van der Waals surface area contributed by atoms with Crippen LogP contribution in [0.15, 0.2) is 97.1 Å². The molecule has 0 spiro atoms. The van der Waals surface area contributed by atoms with Crippen molar-refractivity contribution >= 4 is 37.4 Å². The van der Waals surface area contributed by atoms with Gasteiger partial charge in [0.25, 0.3) is 0 Å². The molecule has 0 radical (unpaired) electrons. The summed E-state index contributed by atoms with van der Waals surface area (Å²) in [6.07, 6.45) is 13.8. The van der Waals surface area contributed by atoms with E-state index in [2.05, 4.69) is 113 Å². The van der Waals surface area contributed by atoms with E-state index < -0.39 is 5.96 Å². The predicted molar refractivity (Wildman–Crippen MR) is 157 cm³/mol. The number of halogens is 1. The largest absolute Gasteiger partial charge is 0.356 e. The van der Waals surface area contributed by atoms with Crippen LogP contribution < -0.4 is 15.9 Å². The van der Waals surface area contributed by atoms with Gasteiger partial charge >= 0.3 is 0 Å². The van der Waals surface area contributed by atoms with Gasteiger partial charge in [-0.15, -0.1) is 0 Å². The van der Waals surface area contributed by atoms with Crippen molar-refractivity contribution in [2.24, 2.45) is 0 Å². The van der Waals surface area contributed by atoms with Gasteiger partial charge in [0.2, 0.25) is 0 Å². The highest BCUT2D eigenvalue weighted by Gasteiger charge is 2.43. The van der Waals surface area contributed by atoms with Crippen LogP contribution in [0.5, 0.6) is 0 Å². The molecule has 0 atom stereocenters. The first-order chi connectivity index (χ1) is 17.2. The van der Waals surface area contributed by atoms with Crippen LogP contribution in [0.1, 0.15) is 50.5 Å². The molecule has 0 N–H and O–H groups in total. The maximum atomic E-state index is 5.23. The number of unbranched alkanes of at least 4 members (excludes halogenated alkanes) is 4. The highest BCUT2D eigenvalue weighted by Crippen LogP contribution is 2.62. The Kier molecular flexibility index (Phi) is 12.2. The van der Waals surface area contributed by atoms with Gasteiger partial charge in [-0.25, -0.2) is 0 Å². The van der Waals surface area contributed by atoms with Gasteiger partial charge < -0.3 is 9.47 Å². The molecule has 0 unspecified atom stereocenters. The lowest BCUT2D eigenvalue weighted by atomic mass is 10.1. The smallest absolute Gasteiger partial charge is 0.181 e. The Morgan fingerprint density at radius 2 is 1.17 bits per heavy atom. The molecule has 35 heavy (non-hydrogen) atoms. The fourth-order valence-electron chi connectivity index (χ4n) is 4.32. The minimum Gasteiger partial charge on any atom is -0.356 e. The van der Waals surface area contributed by atoms with E-state index >= 15 is 0 Å². The van der Waals surface area contributed by atoms with Gasteiger partial charge in [-0.1, -0.05) is 67.1 Å². The number of rotatable bonds is 15. The molecule has 0 bridgehead atoms. The summed E-state index contributed by atoms with van der Waals surface area (Å²) in [5.74, 6) is -1.82. The van der Waals surface area contributed by atoms with Crippen LogP contribution in [-0.2, 0) is 15.9 Å². The summed E-state index contributed by atoms with van der Waals surface area (Å²) in [6.45, 7) is 0. The summed E-state index contributed by atoms with van der Waals surface area (Å²) in [5.41, 5.74) is 1.41. The zero-order valence-corrected chi connectivity index (χ0v) is 23.6. The van der Waals surface area contributed by atoms with Crippen LogP contribution >= 0.6 is 21.5 Å². The summed E-state index contributed by atoms with van der Waals surface area (Å²) in [5, 5.41) is 4.06. The Bertz CT molecular complexity index is 946. The van der Waals surface area contributed by atoms with Gasteiger partial charge in [0.15, 0.2) is 27.7 Å². The van der Waals surface area contributed by atoms with Crippen LogP contribution in [0.3, 0.4) is 0 Å². The minimum atomic E-state index is -1.82. The van der Waals surface area contributed by atoms with Crippen molar-refractivity contribution in [1.29, 1.82) is 0 Å². The zero-order chi connectivity index (χ0) is 24.8. The fraction of sp³-hybridized carbons (Fsp3) is 0.355. The Morgan fingerprint density at radius 1 is 0.657 bits per heavy atom. The van der Waals surface area contributed by atoms with Gasteiger partial charge in [0, 0.05) is 14.2 Å². The van der Waals surface area contributed by atoms with Crippen molar-refractivity contribution < 1.29 is 9.47 Å². The molecule has 0 heterocycles. The lowest BCUT2D eigenvalue weighted by Gasteiger charge is -2.20. The van der Waals surface area contributed by atoms with Gasteiger partial charge in [0.05, 0.1) is 0 Å². The van der Waals surface area contributed by atoms with Crippen molar-refractivity contribution in [3.8, 4) is 0 Å². The second-order valence-corrected chi connectivity index (χ2v) is 14.7. The van der Waals surface area contributed by atoms with Crippen molar-refractivity contribution in [2.45, 2.75) is 57.7 Å². The van der Waals surface area contributed by atoms with E-state index in [1.165, 1.54) is 40.7 Å². The first kappa shape index (κ1) is 27.8. The van der Waals surface area contributed by atoms with Crippen molar-refractivity contribution in [1.82, 2.24) is 0 Å². The molecule has 0 saturated carbocycles. The molecule has 0 aromatic heterocycles. The molecule has 3 rings (SSSR count). The number of allylic oxidation sites excluding steroid dienone is 2. The molecule has 0 amide bonds. The molecule has 186 valence electrons. The normalized spacial score (nSPS) is 12.0. The summed E-state index contributed by atoms with van der Waals surface area (Å²) < 4.78 is 10.5. The van der Waals surface area contributed by atoms with E-state index in [1.54, 1.807) is 14.2 Å². The van der Waals surface area contributed by atoms with Crippen LogP contribution in [0.25, 0.3) is 0 Å². The van der Waals surface area contributed by atoms with E-state index in [9.17, 15) is 0 Å². The van der Waals surface area contributed by atoms with Crippen LogP contribution in [-0.4, -0.2) is 20.5 Å². The predicted octanol–water partition coefficient (Wildman–Crippen LogP) is 7.74. The van der Waals surface area contributed by atoms with Gasteiger partial charge in [-0.2, -0.15) is 0 Å². The molecule has 3 aromatic carbocycles. The second-order valence-electron chi connectivity index (χ2n) is 8.83. The molecule has 0 aliphatic rings. The average Bonchev–Trinajstić information content (AvgIpc) is 2.92. The van der Waals surface area contributed by atoms with E-state index in [0.717, 1.165) is 32.1 Å². The topological polar surface area (TPSA) is 18.5 Å².